The van der Waals surface area contributed by atoms with Crippen molar-refractivity contribution in [3.63, 3.8) is 0 Å². The van der Waals surface area contributed by atoms with Crippen LogP contribution in [0.2, 0.25) is 0 Å². The fourth-order valence-corrected chi connectivity index (χ4v) is 3.15. The summed E-state index contributed by atoms with van der Waals surface area (Å²) >= 11 is 3.50. The van der Waals surface area contributed by atoms with Crippen LogP contribution in [0.1, 0.15) is 29.8 Å². The summed E-state index contributed by atoms with van der Waals surface area (Å²) in [6.45, 7) is 8.34. The minimum atomic E-state index is -0.0614. The highest BCUT2D eigenvalue weighted by Gasteiger charge is 2.09. The van der Waals surface area contributed by atoms with Crippen molar-refractivity contribution in [2.45, 2.75) is 20.3 Å². The van der Waals surface area contributed by atoms with Crippen LogP contribution in [-0.4, -0.2) is 43.6 Å². The van der Waals surface area contributed by atoms with E-state index in [0.29, 0.717) is 18.7 Å². The fourth-order valence-electron chi connectivity index (χ4n) is 2.65. The van der Waals surface area contributed by atoms with Crippen LogP contribution >= 0.6 is 15.9 Å². The monoisotopic (exact) mass is 418 g/mol. The summed E-state index contributed by atoms with van der Waals surface area (Å²) in [6.07, 6.45) is 0.848. The molecule has 0 aliphatic heterocycles. The van der Waals surface area contributed by atoms with Crippen molar-refractivity contribution in [3.8, 4) is 5.75 Å². The van der Waals surface area contributed by atoms with Crippen molar-refractivity contribution in [2.24, 2.45) is 0 Å². The number of amides is 1. The minimum absolute atomic E-state index is 0.0614. The highest BCUT2D eigenvalue weighted by Crippen LogP contribution is 2.26. The van der Waals surface area contributed by atoms with Gasteiger partial charge in [-0.05, 0) is 52.8 Å². The van der Waals surface area contributed by atoms with Gasteiger partial charge in [-0.1, -0.05) is 44.2 Å². The number of ether oxygens (including phenoxy) is 1. The van der Waals surface area contributed by atoms with Gasteiger partial charge in [-0.3, -0.25) is 4.79 Å². The zero-order valence-electron chi connectivity index (χ0n) is 15.5. The minimum Gasteiger partial charge on any atom is -0.492 e. The molecule has 0 aliphatic carbocycles. The molecule has 5 heteroatoms. The fraction of sp³-hybridized carbons (Fsp3) is 0.381. The van der Waals surface area contributed by atoms with E-state index in [-0.39, 0.29) is 5.91 Å². The molecule has 0 bridgehead atoms. The number of nitrogens with zero attached hydrogens (tertiary/aromatic N) is 1. The number of rotatable bonds is 10. The summed E-state index contributed by atoms with van der Waals surface area (Å²) in [7, 11) is 0. The molecule has 0 fully saturated rings. The third-order valence-corrected chi connectivity index (χ3v) is 4.91. The zero-order chi connectivity index (χ0) is 18.8. The van der Waals surface area contributed by atoms with Crippen molar-refractivity contribution >= 4 is 21.8 Å². The number of hydrogen-bond donors (Lipinski definition) is 1. The molecule has 2 rings (SSSR count). The molecule has 140 valence electrons. The molecule has 0 aromatic heterocycles. The van der Waals surface area contributed by atoms with Gasteiger partial charge in [0.15, 0.2) is 0 Å². The van der Waals surface area contributed by atoms with E-state index in [4.69, 9.17) is 4.74 Å². The summed E-state index contributed by atoms with van der Waals surface area (Å²) in [5, 5.41) is 2.97. The van der Waals surface area contributed by atoms with Crippen molar-refractivity contribution in [1.29, 1.82) is 0 Å². The smallest absolute Gasteiger partial charge is 0.251 e. The molecular weight excluding hydrogens is 392 g/mol. The second kappa shape index (κ2) is 11.0. The van der Waals surface area contributed by atoms with Crippen LogP contribution < -0.4 is 10.1 Å². The van der Waals surface area contributed by atoms with E-state index in [1.165, 1.54) is 5.56 Å². The number of halogens is 1. The Labute approximate surface area is 164 Å². The molecule has 0 heterocycles. The SMILES string of the molecule is CCN(CC)CCNC(=O)c1ccc(OCCc2ccccc2)c(Br)c1. The number of hydrogen-bond acceptors (Lipinski definition) is 3. The van der Waals surface area contributed by atoms with Crippen molar-refractivity contribution in [2.75, 3.05) is 32.8 Å². The molecule has 0 saturated heterocycles. The van der Waals surface area contributed by atoms with Crippen molar-refractivity contribution in [1.82, 2.24) is 10.2 Å². The predicted molar refractivity (Wildman–Crippen MR) is 110 cm³/mol. The van der Waals surface area contributed by atoms with Gasteiger partial charge in [-0.25, -0.2) is 0 Å². The standard InChI is InChI=1S/C21H27BrN2O2/c1-3-24(4-2)14-13-23-21(25)18-10-11-20(19(22)16-18)26-15-12-17-8-6-5-7-9-17/h5-11,16H,3-4,12-15H2,1-2H3,(H,23,25). The van der Waals surface area contributed by atoms with Crippen LogP contribution in [-0.2, 0) is 6.42 Å². The maximum atomic E-state index is 12.3. The van der Waals surface area contributed by atoms with Crippen LogP contribution in [0.3, 0.4) is 0 Å². The highest BCUT2D eigenvalue weighted by atomic mass is 79.9. The van der Waals surface area contributed by atoms with Crippen LogP contribution in [0.25, 0.3) is 0 Å². The summed E-state index contributed by atoms with van der Waals surface area (Å²) in [4.78, 5) is 14.6. The van der Waals surface area contributed by atoms with Gasteiger partial charge < -0.3 is 15.0 Å². The molecule has 0 atom stereocenters. The Bertz CT molecular complexity index is 688. The molecule has 0 spiro atoms. The van der Waals surface area contributed by atoms with Crippen molar-refractivity contribution in [3.05, 3.63) is 64.1 Å². The molecule has 0 saturated carbocycles. The lowest BCUT2D eigenvalue weighted by Gasteiger charge is -2.18. The van der Waals surface area contributed by atoms with E-state index in [2.05, 4.69) is 52.1 Å². The van der Waals surface area contributed by atoms with Gasteiger partial charge in [-0.15, -0.1) is 0 Å². The van der Waals surface area contributed by atoms with Gasteiger partial charge in [0.05, 0.1) is 11.1 Å². The van der Waals surface area contributed by atoms with E-state index in [0.717, 1.165) is 36.3 Å². The Balaban J connectivity index is 1.83. The van der Waals surface area contributed by atoms with Crippen LogP contribution in [0.5, 0.6) is 5.75 Å². The number of carbonyl (C=O) groups is 1. The van der Waals surface area contributed by atoms with E-state index < -0.39 is 0 Å². The van der Waals surface area contributed by atoms with Gasteiger partial charge in [0.25, 0.3) is 5.91 Å². The average molecular weight is 419 g/mol. The van der Waals surface area contributed by atoms with Crippen LogP contribution in [0, 0.1) is 0 Å². The van der Waals surface area contributed by atoms with E-state index >= 15 is 0 Å². The molecule has 4 nitrogen and oxygen atoms in total. The van der Waals surface area contributed by atoms with E-state index in [9.17, 15) is 4.79 Å². The van der Waals surface area contributed by atoms with Gasteiger partial charge in [-0.2, -0.15) is 0 Å². The topological polar surface area (TPSA) is 41.6 Å². The maximum Gasteiger partial charge on any atom is 0.251 e. The Kier molecular flexibility index (Phi) is 8.65. The number of likely N-dealkylation sites (N-methyl/N-ethyl adjacent to an activating group) is 1. The predicted octanol–water partition coefficient (Wildman–Crippen LogP) is 4.14. The number of nitrogens with one attached hydrogen (secondary N) is 1. The maximum absolute atomic E-state index is 12.3. The van der Waals surface area contributed by atoms with Crippen molar-refractivity contribution < 1.29 is 9.53 Å². The quantitative estimate of drug-likeness (QED) is 0.630. The third kappa shape index (κ3) is 6.46. The molecule has 0 aliphatic rings. The van der Waals surface area contributed by atoms with E-state index in [1.54, 1.807) is 6.07 Å². The first-order valence-corrected chi connectivity index (χ1v) is 9.90. The lowest BCUT2D eigenvalue weighted by atomic mass is 10.2. The third-order valence-electron chi connectivity index (χ3n) is 4.29. The Morgan fingerprint density at radius 1 is 1.12 bits per heavy atom. The largest absolute Gasteiger partial charge is 0.492 e. The first-order chi connectivity index (χ1) is 12.6. The summed E-state index contributed by atoms with van der Waals surface area (Å²) in [5.74, 6) is 0.689. The van der Waals surface area contributed by atoms with Crippen LogP contribution in [0.4, 0.5) is 0 Å². The van der Waals surface area contributed by atoms with Gasteiger partial charge in [0.1, 0.15) is 5.75 Å². The zero-order valence-corrected chi connectivity index (χ0v) is 17.1. The Hall–Kier alpha value is -1.85. The lowest BCUT2D eigenvalue weighted by Crippen LogP contribution is -2.34. The average Bonchev–Trinajstić information content (AvgIpc) is 2.67. The van der Waals surface area contributed by atoms with Gasteiger partial charge in [0, 0.05) is 25.1 Å². The first-order valence-electron chi connectivity index (χ1n) is 9.10. The molecule has 26 heavy (non-hydrogen) atoms. The molecule has 2 aromatic carbocycles. The summed E-state index contributed by atoms with van der Waals surface area (Å²) in [5.41, 5.74) is 1.87. The number of carbonyl (C=O) groups excluding carboxylic acids is 1. The Morgan fingerprint density at radius 3 is 2.50 bits per heavy atom. The van der Waals surface area contributed by atoms with Gasteiger partial charge >= 0.3 is 0 Å². The first kappa shape index (κ1) is 20.5. The molecule has 2 aromatic rings. The highest BCUT2D eigenvalue weighted by molar-refractivity contribution is 9.10. The van der Waals surface area contributed by atoms with Gasteiger partial charge in [0.2, 0.25) is 0 Å². The lowest BCUT2D eigenvalue weighted by molar-refractivity contribution is 0.0949. The summed E-state index contributed by atoms with van der Waals surface area (Å²) < 4.78 is 6.63. The normalized spacial score (nSPS) is 10.8. The second-order valence-corrected chi connectivity index (χ2v) is 6.87. The molecule has 0 unspecified atom stereocenters. The van der Waals surface area contributed by atoms with Crippen LogP contribution in [0.15, 0.2) is 53.0 Å². The Morgan fingerprint density at radius 2 is 1.85 bits per heavy atom. The molecule has 0 radical (unpaired) electrons. The molecule has 1 N–H and O–H groups in total. The van der Waals surface area contributed by atoms with E-state index in [1.807, 2.05) is 30.3 Å². The molecule has 1 amide bonds. The number of benzene rings is 2. The molecular formula is C21H27BrN2O2. The summed E-state index contributed by atoms with van der Waals surface area (Å²) in [6, 6.07) is 15.7. The second-order valence-electron chi connectivity index (χ2n) is 6.01.